The van der Waals surface area contributed by atoms with Crippen molar-refractivity contribution >= 4 is 0 Å². The van der Waals surface area contributed by atoms with E-state index in [4.69, 9.17) is 5.73 Å². The summed E-state index contributed by atoms with van der Waals surface area (Å²) < 4.78 is 25.1. The predicted octanol–water partition coefficient (Wildman–Crippen LogP) is 0.971. The highest BCUT2D eigenvalue weighted by Gasteiger charge is 2.14. The van der Waals surface area contributed by atoms with Crippen LogP contribution in [0.25, 0.3) is 0 Å². The number of nitrogens with two attached hydrogens (primary N) is 1. The fraction of sp³-hybridized carbons (Fsp3) is 0.429. The predicted molar refractivity (Wildman–Crippen MR) is 39.0 cm³/mol. The molecule has 0 saturated heterocycles. The van der Waals surface area contributed by atoms with Crippen molar-refractivity contribution in [3.05, 3.63) is 23.4 Å². The maximum Gasteiger partial charge on any atom is 0.146 e. The van der Waals surface area contributed by atoms with E-state index < -0.39 is 17.7 Å². The highest BCUT2D eigenvalue weighted by molar-refractivity contribution is 5.28. The average Bonchev–Trinajstić information content (AvgIpc) is 1.85. The standard InChI is InChI=1S/C7H10F2N2/c1-4(10)7-6(9)2-5(8)3-11-7/h2,4,11H,3,10H2,1H3/t4-/m0/s1. The highest BCUT2D eigenvalue weighted by Crippen LogP contribution is 2.15. The topological polar surface area (TPSA) is 38.0 Å². The second-order valence-electron chi connectivity index (χ2n) is 2.50. The third-order valence-corrected chi connectivity index (χ3v) is 1.44. The Morgan fingerprint density at radius 1 is 1.64 bits per heavy atom. The van der Waals surface area contributed by atoms with Crippen LogP contribution in [0, 0.1) is 0 Å². The van der Waals surface area contributed by atoms with E-state index in [1.807, 2.05) is 0 Å². The Hall–Kier alpha value is -0.900. The molecule has 1 aliphatic heterocycles. The molecule has 0 unspecified atom stereocenters. The molecule has 0 fully saturated rings. The summed E-state index contributed by atoms with van der Waals surface area (Å²) in [5, 5.41) is 2.55. The highest BCUT2D eigenvalue weighted by atomic mass is 19.1. The lowest BCUT2D eigenvalue weighted by molar-refractivity contribution is 0.527. The third-order valence-electron chi connectivity index (χ3n) is 1.44. The van der Waals surface area contributed by atoms with Gasteiger partial charge in [-0.15, -0.1) is 0 Å². The van der Waals surface area contributed by atoms with Gasteiger partial charge in [-0.3, -0.25) is 0 Å². The summed E-state index contributed by atoms with van der Waals surface area (Å²) >= 11 is 0. The van der Waals surface area contributed by atoms with Crippen molar-refractivity contribution < 1.29 is 8.78 Å². The molecule has 1 rings (SSSR count). The van der Waals surface area contributed by atoms with Crippen molar-refractivity contribution in [2.24, 2.45) is 5.73 Å². The molecule has 0 spiro atoms. The van der Waals surface area contributed by atoms with Crippen LogP contribution in [0.3, 0.4) is 0 Å². The van der Waals surface area contributed by atoms with Crippen molar-refractivity contribution in [1.29, 1.82) is 0 Å². The monoisotopic (exact) mass is 160 g/mol. The van der Waals surface area contributed by atoms with Crippen LogP contribution in [-0.2, 0) is 0 Å². The van der Waals surface area contributed by atoms with Crippen molar-refractivity contribution in [2.45, 2.75) is 13.0 Å². The van der Waals surface area contributed by atoms with E-state index in [1.165, 1.54) is 0 Å². The van der Waals surface area contributed by atoms with Crippen LogP contribution in [0.2, 0.25) is 0 Å². The lowest BCUT2D eigenvalue weighted by atomic mass is 10.2. The number of nitrogens with one attached hydrogen (secondary N) is 1. The summed E-state index contributed by atoms with van der Waals surface area (Å²) in [6.07, 6.45) is 0.856. The summed E-state index contributed by atoms with van der Waals surface area (Å²) in [5.74, 6) is -1.12. The SMILES string of the molecule is C[C@H](N)C1=C(F)C=C(F)CN1. The molecule has 0 aromatic rings. The summed E-state index contributed by atoms with van der Waals surface area (Å²) in [7, 11) is 0. The second kappa shape index (κ2) is 3.00. The largest absolute Gasteiger partial charge is 0.378 e. The van der Waals surface area contributed by atoms with Crippen LogP contribution in [0.4, 0.5) is 8.78 Å². The molecule has 4 heteroatoms. The Morgan fingerprint density at radius 2 is 2.27 bits per heavy atom. The van der Waals surface area contributed by atoms with Crippen molar-refractivity contribution in [3.8, 4) is 0 Å². The van der Waals surface area contributed by atoms with Crippen LogP contribution >= 0.6 is 0 Å². The molecule has 62 valence electrons. The Bertz CT molecular complexity index is 218. The van der Waals surface area contributed by atoms with Gasteiger partial charge in [0.15, 0.2) is 0 Å². The van der Waals surface area contributed by atoms with Gasteiger partial charge in [-0.25, -0.2) is 8.78 Å². The zero-order chi connectivity index (χ0) is 8.43. The summed E-state index contributed by atoms with van der Waals surface area (Å²) in [6.45, 7) is 1.67. The van der Waals surface area contributed by atoms with E-state index in [9.17, 15) is 8.78 Å². The van der Waals surface area contributed by atoms with Gasteiger partial charge in [-0.2, -0.15) is 0 Å². The van der Waals surface area contributed by atoms with Gasteiger partial charge in [0, 0.05) is 12.1 Å². The Morgan fingerprint density at radius 3 is 2.73 bits per heavy atom. The molecule has 0 bridgehead atoms. The number of hydrogen-bond acceptors (Lipinski definition) is 2. The van der Waals surface area contributed by atoms with E-state index in [1.54, 1.807) is 6.92 Å². The summed E-state index contributed by atoms with van der Waals surface area (Å²) in [5.41, 5.74) is 5.66. The molecule has 1 aliphatic rings. The van der Waals surface area contributed by atoms with Crippen LogP contribution in [0.1, 0.15) is 6.92 Å². The van der Waals surface area contributed by atoms with Crippen molar-refractivity contribution in [1.82, 2.24) is 5.32 Å². The number of allylic oxidation sites excluding steroid dienone is 2. The fourth-order valence-electron chi connectivity index (χ4n) is 0.909. The molecular weight excluding hydrogens is 150 g/mol. The first-order chi connectivity index (χ1) is 5.11. The molecule has 0 radical (unpaired) electrons. The summed E-state index contributed by atoms with van der Waals surface area (Å²) in [6, 6.07) is -0.417. The Kier molecular flexibility index (Phi) is 2.24. The molecule has 3 N–H and O–H groups in total. The maximum absolute atomic E-state index is 12.8. The van der Waals surface area contributed by atoms with Gasteiger partial charge in [0.1, 0.15) is 11.7 Å². The fourth-order valence-corrected chi connectivity index (χ4v) is 0.909. The van der Waals surface area contributed by atoms with E-state index >= 15 is 0 Å². The average molecular weight is 160 g/mol. The zero-order valence-electron chi connectivity index (χ0n) is 6.20. The van der Waals surface area contributed by atoms with Crippen LogP contribution in [0.15, 0.2) is 23.4 Å². The summed E-state index contributed by atoms with van der Waals surface area (Å²) in [4.78, 5) is 0. The van der Waals surface area contributed by atoms with E-state index in [0.29, 0.717) is 0 Å². The van der Waals surface area contributed by atoms with Gasteiger partial charge >= 0.3 is 0 Å². The Balaban J connectivity index is 2.86. The van der Waals surface area contributed by atoms with E-state index in [-0.39, 0.29) is 12.2 Å². The minimum atomic E-state index is -0.608. The van der Waals surface area contributed by atoms with Gasteiger partial charge in [0.2, 0.25) is 0 Å². The van der Waals surface area contributed by atoms with Crippen molar-refractivity contribution in [3.63, 3.8) is 0 Å². The lowest BCUT2D eigenvalue weighted by Gasteiger charge is -2.17. The quantitative estimate of drug-likeness (QED) is 0.599. The molecule has 1 heterocycles. The number of rotatable bonds is 1. The van der Waals surface area contributed by atoms with E-state index in [0.717, 1.165) is 6.08 Å². The van der Waals surface area contributed by atoms with Crippen LogP contribution < -0.4 is 11.1 Å². The van der Waals surface area contributed by atoms with Crippen LogP contribution in [0.5, 0.6) is 0 Å². The van der Waals surface area contributed by atoms with Gasteiger partial charge in [-0.1, -0.05) is 0 Å². The number of hydrogen-bond donors (Lipinski definition) is 2. The van der Waals surface area contributed by atoms with Gasteiger partial charge in [-0.05, 0) is 6.92 Å². The van der Waals surface area contributed by atoms with Gasteiger partial charge < -0.3 is 11.1 Å². The lowest BCUT2D eigenvalue weighted by Crippen LogP contribution is -2.32. The minimum absolute atomic E-state index is 0.0320. The molecular formula is C7H10F2N2. The molecule has 0 aromatic heterocycles. The van der Waals surface area contributed by atoms with Crippen molar-refractivity contribution in [2.75, 3.05) is 6.54 Å². The zero-order valence-corrected chi connectivity index (χ0v) is 6.20. The smallest absolute Gasteiger partial charge is 0.146 e. The molecule has 2 nitrogen and oxygen atoms in total. The molecule has 0 aromatic carbocycles. The van der Waals surface area contributed by atoms with E-state index in [2.05, 4.69) is 5.32 Å². The number of dihydropyridines is 1. The molecule has 0 amide bonds. The third kappa shape index (κ3) is 1.77. The van der Waals surface area contributed by atoms with Crippen LogP contribution in [-0.4, -0.2) is 12.6 Å². The first-order valence-electron chi connectivity index (χ1n) is 3.36. The second-order valence-corrected chi connectivity index (χ2v) is 2.50. The first kappa shape index (κ1) is 8.20. The molecule has 1 atom stereocenters. The molecule has 0 saturated carbocycles. The molecule has 0 aliphatic carbocycles. The maximum atomic E-state index is 12.8. The molecule has 11 heavy (non-hydrogen) atoms. The van der Waals surface area contributed by atoms with Gasteiger partial charge in [0.05, 0.1) is 12.2 Å². The first-order valence-corrected chi connectivity index (χ1v) is 3.36. The van der Waals surface area contributed by atoms with Gasteiger partial charge in [0.25, 0.3) is 0 Å². The number of halogens is 2. The minimum Gasteiger partial charge on any atom is -0.378 e. The normalized spacial score (nSPS) is 20.9. The Labute approximate surface area is 63.8 Å².